The fourth-order valence-corrected chi connectivity index (χ4v) is 4.10. The molecule has 4 rings (SSSR count). The van der Waals surface area contributed by atoms with Crippen molar-refractivity contribution in [1.29, 1.82) is 0 Å². The molecule has 2 heterocycles. The molecule has 0 bridgehead atoms. The van der Waals surface area contributed by atoms with E-state index in [1.807, 2.05) is 30.3 Å². The maximum atomic E-state index is 13.0. The summed E-state index contributed by atoms with van der Waals surface area (Å²) in [5.41, 5.74) is 3.28. The van der Waals surface area contributed by atoms with Crippen LogP contribution in [0.4, 0.5) is 13.6 Å². The van der Waals surface area contributed by atoms with Crippen LogP contribution in [0.25, 0.3) is 16.9 Å². The second-order valence-corrected chi connectivity index (χ2v) is 8.05. The third kappa shape index (κ3) is 4.83. The number of carbonyl (C=O) groups excluding carboxylic acids is 1. The summed E-state index contributed by atoms with van der Waals surface area (Å²) in [5, 5.41) is 14.8. The minimum absolute atomic E-state index is 0.0389. The van der Waals surface area contributed by atoms with Gasteiger partial charge in [0.25, 0.3) is 6.43 Å². The number of benzene rings is 2. The lowest BCUT2D eigenvalue weighted by Gasteiger charge is -2.32. The van der Waals surface area contributed by atoms with Crippen molar-refractivity contribution in [3.63, 3.8) is 0 Å². The highest BCUT2D eigenvalue weighted by Gasteiger charge is 2.28. The number of aromatic nitrogens is 2. The highest BCUT2D eigenvalue weighted by atomic mass is 19.3. The van der Waals surface area contributed by atoms with Crippen LogP contribution < -0.4 is 4.74 Å². The summed E-state index contributed by atoms with van der Waals surface area (Å²) in [7, 11) is 2.92. The molecule has 0 unspecified atom stereocenters. The number of piperidine rings is 1. The van der Waals surface area contributed by atoms with Gasteiger partial charge in [0.2, 0.25) is 0 Å². The number of likely N-dealkylation sites (tertiary alicyclic amines) is 1. The predicted octanol–water partition coefficient (Wildman–Crippen LogP) is 5.11. The van der Waals surface area contributed by atoms with Gasteiger partial charge < -0.3 is 9.64 Å². The Morgan fingerprint density at radius 2 is 1.76 bits per heavy atom. The van der Waals surface area contributed by atoms with Gasteiger partial charge in [-0.3, -0.25) is 5.21 Å². The molecule has 0 atom stereocenters. The Morgan fingerprint density at radius 1 is 1.12 bits per heavy atom. The molecule has 2 aromatic carbocycles. The molecule has 1 fully saturated rings. The fraction of sp³-hybridized carbons (Fsp3) is 0.333. The Morgan fingerprint density at radius 3 is 2.30 bits per heavy atom. The zero-order chi connectivity index (χ0) is 23.5. The van der Waals surface area contributed by atoms with Gasteiger partial charge in [0.1, 0.15) is 5.75 Å². The zero-order valence-electron chi connectivity index (χ0n) is 18.5. The molecule has 2 amide bonds. The maximum Gasteiger partial charge on any atom is 0.343 e. The molecule has 174 valence electrons. The number of alkyl halides is 2. The second-order valence-electron chi connectivity index (χ2n) is 8.05. The number of hydroxylamine groups is 2. The average Bonchev–Trinajstić information content (AvgIpc) is 3.29. The molecule has 0 radical (unpaired) electrons. The summed E-state index contributed by atoms with van der Waals surface area (Å²) in [6, 6.07) is 15.3. The Hall–Kier alpha value is -3.46. The van der Waals surface area contributed by atoms with Crippen LogP contribution in [-0.2, 0) is 0 Å². The summed E-state index contributed by atoms with van der Waals surface area (Å²) in [5.74, 6) is 0.869. The predicted molar refractivity (Wildman–Crippen MR) is 119 cm³/mol. The molecule has 3 aromatic rings. The van der Waals surface area contributed by atoms with E-state index in [0.29, 0.717) is 36.7 Å². The molecule has 0 saturated carbocycles. The first kappa shape index (κ1) is 22.7. The highest BCUT2D eigenvalue weighted by Crippen LogP contribution is 2.33. The summed E-state index contributed by atoms with van der Waals surface area (Å²) in [4.78, 5) is 13.6. The number of nitrogens with zero attached hydrogens (tertiary/aromatic N) is 4. The molecular weight excluding hydrogens is 430 g/mol. The smallest absolute Gasteiger partial charge is 0.343 e. The lowest BCUT2D eigenvalue weighted by atomic mass is 9.93. The molecule has 1 aliphatic heterocycles. The third-order valence-corrected chi connectivity index (χ3v) is 5.96. The Bertz CT molecular complexity index is 1090. The molecule has 1 N–H and O–H groups in total. The van der Waals surface area contributed by atoms with Crippen molar-refractivity contribution in [3.05, 3.63) is 65.9 Å². The zero-order valence-corrected chi connectivity index (χ0v) is 18.5. The first-order valence-electron chi connectivity index (χ1n) is 10.7. The molecule has 33 heavy (non-hydrogen) atoms. The largest absolute Gasteiger partial charge is 0.497 e. The molecule has 7 nitrogen and oxygen atoms in total. The number of hydrogen-bond donors (Lipinski definition) is 1. The van der Waals surface area contributed by atoms with Crippen LogP contribution in [0.3, 0.4) is 0 Å². The quantitative estimate of drug-likeness (QED) is 0.428. The number of urea groups is 1. The van der Waals surface area contributed by atoms with Crippen molar-refractivity contribution < 1.29 is 23.5 Å². The van der Waals surface area contributed by atoms with E-state index in [1.165, 1.54) is 19.2 Å². The molecule has 1 aromatic heterocycles. The van der Waals surface area contributed by atoms with Crippen LogP contribution in [0, 0.1) is 0 Å². The minimum atomic E-state index is -2.53. The third-order valence-electron chi connectivity index (χ3n) is 5.96. The van der Waals surface area contributed by atoms with E-state index in [0.717, 1.165) is 22.7 Å². The number of hydrogen-bond acceptors (Lipinski definition) is 4. The molecule has 9 heteroatoms. The first-order chi connectivity index (χ1) is 15.9. The Balaban J connectivity index is 1.66. The molecule has 1 saturated heterocycles. The molecule has 0 aliphatic carbocycles. The van der Waals surface area contributed by atoms with E-state index in [1.54, 1.807) is 28.8 Å². The van der Waals surface area contributed by atoms with Crippen molar-refractivity contribution in [2.75, 3.05) is 27.2 Å². The van der Waals surface area contributed by atoms with Gasteiger partial charge in [-0.05, 0) is 55.3 Å². The van der Waals surface area contributed by atoms with Gasteiger partial charge in [-0.15, -0.1) is 0 Å². The fourth-order valence-electron chi connectivity index (χ4n) is 4.10. The van der Waals surface area contributed by atoms with E-state index in [-0.39, 0.29) is 11.5 Å². The van der Waals surface area contributed by atoms with Crippen molar-refractivity contribution in [3.8, 4) is 22.7 Å². The SMILES string of the molecule is COc1ccc(-c2cc(C3CCN(C(=O)N(C)O)CC3)nn2-c2ccc(C(F)F)cc2)cc1. The van der Waals surface area contributed by atoms with Crippen molar-refractivity contribution in [1.82, 2.24) is 19.7 Å². The summed E-state index contributed by atoms with van der Waals surface area (Å²) < 4.78 is 33.1. The van der Waals surface area contributed by atoms with E-state index < -0.39 is 12.5 Å². The van der Waals surface area contributed by atoms with E-state index in [2.05, 4.69) is 0 Å². The monoisotopic (exact) mass is 456 g/mol. The van der Waals surface area contributed by atoms with Gasteiger partial charge in [0, 0.05) is 37.2 Å². The average molecular weight is 456 g/mol. The van der Waals surface area contributed by atoms with Gasteiger partial charge in [0.15, 0.2) is 0 Å². The number of amides is 2. The summed E-state index contributed by atoms with van der Waals surface area (Å²) in [6.07, 6.45) is -1.11. The Kier molecular flexibility index (Phi) is 6.60. The van der Waals surface area contributed by atoms with Crippen LogP contribution in [0.1, 0.15) is 36.4 Å². The van der Waals surface area contributed by atoms with Crippen LogP contribution in [0.2, 0.25) is 0 Å². The van der Waals surface area contributed by atoms with Crippen LogP contribution in [0.15, 0.2) is 54.6 Å². The van der Waals surface area contributed by atoms with Crippen molar-refractivity contribution in [2.45, 2.75) is 25.2 Å². The minimum Gasteiger partial charge on any atom is -0.497 e. The lowest BCUT2D eigenvalue weighted by Crippen LogP contribution is -2.43. The van der Waals surface area contributed by atoms with E-state index in [4.69, 9.17) is 9.84 Å². The topological polar surface area (TPSA) is 70.8 Å². The van der Waals surface area contributed by atoms with Crippen LogP contribution in [0.5, 0.6) is 5.75 Å². The van der Waals surface area contributed by atoms with Gasteiger partial charge in [-0.2, -0.15) is 5.10 Å². The Labute approximate surface area is 190 Å². The number of rotatable bonds is 5. The second kappa shape index (κ2) is 9.58. The van der Waals surface area contributed by atoms with Crippen molar-refractivity contribution >= 4 is 6.03 Å². The maximum absolute atomic E-state index is 13.0. The number of methoxy groups -OCH3 is 1. The molecule has 0 spiro atoms. The number of halogens is 2. The van der Waals surface area contributed by atoms with Gasteiger partial charge in [-0.1, -0.05) is 12.1 Å². The van der Waals surface area contributed by atoms with Crippen molar-refractivity contribution in [2.24, 2.45) is 0 Å². The molecule has 1 aliphatic rings. The first-order valence-corrected chi connectivity index (χ1v) is 10.7. The highest BCUT2D eigenvalue weighted by molar-refractivity contribution is 5.73. The summed E-state index contributed by atoms with van der Waals surface area (Å²) >= 11 is 0. The number of carbonyl (C=O) groups is 1. The molecular formula is C24H26F2N4O3. The standard InChI is InChI=1S/C24H26F2N4O3/c1-28(32)24(31)29-13-11-16(12-14-29)21-15-22(17-5-9-20(33-2)10-6-17)30(27-21)19-7-3-18(4-8-19)23(25)26/h3-10,15-16,23,32H,11-14H2,1-2H3. The van der Waals surface area contributed by atoms with E-state index in [9.17, 15) is 18.8 Å². The van der Waals surface area contributed by atoms with E-state index >= 15 is 0 Å². The van der Waals surface area contributed by atoms with Crippen LogP contribution in [-0.4, -0.2) is 58.2 Å². The summed E-state index contributed by atoms with van der Waals surface area (Å²) in [6.45, 7) is 1.03. The van der Waals surface area contributed by atoms with Crippen LogP contribution >= 0.6 is 0 Å². The van der Waals surface area contributed by atoms with Gasteiger partial charge in [-0.25, -0.2) is 23.3 Å². The lowest BCUT2D eigenvalue weighted by molar-refractivity contribution is -0.0356. The van der Waals surface area contributed by atoms with Gasteiger partial charge in [0.05, 0.1) is 24.2 Å². The van der Waals surface area contributed by atoms with Gasteiger partial charge >= 0.3 is 6.03 Å². The normalized spacial score (nSPS) is 14.5. The number of ether oxygens (including phenoxy) is 1.